The van der Waals surface area contributed by atoms with Gasteiger partial charge in [0.1, 0.15) is 10.6 Å². The molecule has 2 aromatic heterocycles. The highest BCUT2D eigenvalue weighted by Gasteiger charge is 2.27. The molecule has 1 unspecified atom stereocenters. The molecular weight excluding hydrogens is 474 g/mol. The van der Waals surface area contributed by atoms with Crippen LogP contribution in [0.15, 0.2) is 71.6 Å². The zero-order valence-electron chi connectivity index (χ0n) is 20.1. The fourth-order valence-corrected chi connectivity index (χ4v) is 5.31. The number of aryl methyl sites for hydroxylation is 1. The number of ether oxygens (including phenoxy) is 1. The highest BCUT2D eigenvalue weighted by molar-refractivity contribution is 7.17. The predicted octanol–water partition coefficient (Wildman–Crippen LogP) is 5.04. The van der Waals surface area contributed by atoms with Gasteiger partial charge in [-0.2, -0.15) is 0 Å². The number of aromatic nitrogens is 2. The summed E-state index contributed by atoms with van der Waals surface area (Å²) in [6.07, 6.45) is 3.99. The van der Waals surface area contributed by atoms with Crippen LogP contribution in [0.1, 0.15) is 35.8 Å². The molecule has 0 bridgehead atoms. The minimum atomic E-state index is -0.796. The number of carbonyl (C=O) groups excluding carboxylic acids is 2. The molecule has 0 aliphatic carbocycles. The van der Waals surface area contributed by atoms with E-state index in [9.17, 15) is 14.4 Å². The Hall–Kier alpha value is -4.04. The van der Waals surface area contributed by atoms with Gasteiger partial charge in [0.25, 0.3) is 11.5 Å². The van der Waals surface area contributed by atoms with Crippen molar-refractivity contribution in [2.75, 3.05) is 18.1 Å². The second-order valence-electron chi connectivity index (χ2n) is 8.64. The van der Waals surface area contributed by atoms with E-state index >= 15 is 0 Å². The van der Waals surface area contributed by atoms with Crippen LogP contribution < -0.4 is 15.2 Å². The molecule has 36 heavy (non-hydrogen) atoms. The standard InChI is InChI=1S/C28H25N3O4S/c1-4-12-30-22-13-20(10-11-23(22)35-14-24(30)32)26(33)17(3)31-16-29-27-25(28(31)34)21(15-36-27)19-8-6-18(5-2)7-9-19/h4,6-11,13,15-17H,1,5,12,14H2,2-3H3. The number of amides is 1. The molecule has 0 saturated carbocycles. The Morgan fingerprint density at radius 1 is 1.22 bits per heavy atom. The molecule has 8 heteroatoms. The molecule has 0 spiro atoms. The number of benzene rings is 2. The number of rotatable bonds is 7. The topological polar surface area (TPSA) is 81.5 Å². The molecule has 1 aliphatic rings. The second-order valence-corrected chi connectivity index (χ2v) is 9.50. The summed E-state index contributed by atoms with van der Waals surface area (Å²) in [5.41, 5.74) is 3.60. The first kappa shape index (κ1) is 23.7. The minimum absolute atomic E-state index is 0.0598. The predicted molar refractivity (Wildman–Crippen MR) is 142 cm³/mol. The molecule has 2 aromatic carbocycles. The highest BCUT2D eigenvalue weighted by Crippen LogP contribution is 2.34. The summed E-state index contributed by atoms with van der Waals surface area (Å²) in [5.74, 6) is 0.0579. The SMILES string of the molecule is C=CCN1C(=O)COc2ccc(C(=O)C(C)n3cnc4scc(-c5ccc(CC)cc5)c4c3=O)cc21. The Bertz CT molecular complexity index is 1550. The summed E-state index contributed by atoms with van der Waals surface area (Å²) >= 11 is 1.41. The van der Waals surface area contributed by atoms with E-state index in [1.54, 1.807) is 31.2 Å². The van der Waals surface area contributed by atoms with Gasteiger partial charge in [0.15, 0.2) is 12.4 Å². The van der Waals surface area contributed by atoms with Gasteiger partial charge in [0.2, 0.25) is 0 Å². The van der Waals surface area contributed by atoms with E-state index < -0.39 is 6.04 Å². The van der Waals surface area contributed by atoms with E-state index in [0.717, 1.165) is 17.5 Å². The second kappa shape index (κ2) is 9.54. The van der Waals surface area contributed by atoms with Gasteiger partial charge in [-0.15, -0.1) is 17.9 Å². The lowest BCUT2D eigenvalue weighted by Gasteiger charge is -2.29. The van der Waals surface area contributed by atoms with Gasteiger partial charge in [-0.25, -0.2) is 4.98 Å². The summed E-state index contributed by atoms with van der Waals surface area (Å²) in [7, 11) is 0. The fourth-order valence-electron chi connectivity index (χ4n) is 4.41. The molecule has 0 saturated heterocycles. The largest absolute Gasteiger partial charge is 0.482 e. The number of anilines is 1. The third kappa shape index (κ3) is 4.03. The number of nitrogens with zero attached hydrogens (tertiary/aromatic N) is 3. The van der Waals surface area contributed by atoms with E-state index in [-0.39, 0.29) is 23.9 Å². The average molecular weight is 500 g/mol. The van der Waals surface area contributed by atoms with E-state index in [4.69, 9.17) is 4.74 Å². The van der Waals surface area contributed by atoms with E-state index in [1.807, 2.05) is 17.5 Å². The van der Waals surface area contributed by atoms with Crippen molar-refractivity contribution in [3.63, 3.8) is 0 Å². The first-order chi connectivity index (χ1) is 17.4. The van der Waals surface area contributed by atoms with Gasteiger partial charge >= 0.3 is 0 Å². The lowest BCUT2D eigenvalue weighted by atomic mass is 10.0. The van der Waals surface area contributed by atoms with Crippen LogP contribution in [0.4, 0.5) is 5.69 Å². The Kier molecular flexibility index (Phi) is 6.28. The Morgan fingerprint density at radius 2 is 2.00 bits per heavy atom. The minimum Gasteiger partial charge on any atom is -0.482 e. The molecule has 0 radical (unpaired) electrons. The van der Waals surface area contributed by atoms with Gasteiger partial charge < -0.3 is 9.64 Å². The van der Waals surface area contributed by atoms with Gasteiger partial charge in [-0.1, -0.05) is 37.3 Å². The lowest BCUT2D eigenvalue weighted by Crippen LogP contribution is -2.39. The average Bonchev–Trinajstić information content (AvgIpc) is 3.35. The van der Waals surface area contributed by atoms with Gasteiger partial charge in [0, 0.05) is 23.1 Å². The first-order valence-corrected chi connectivity index (χ1v) is 12.6. The number of fused-ring (bicyclic) bond motifs is 2. The maximum absolute atomic E-state index is 13.6. The lowest BCUT2D eigenvalue weighted by molar-refractivity contribution is -0.121. The molecule has 7 nitrogen and oxygen atoms in total. The van der Waals surface area contributed by atoms with Crippen LogP contribution in [0.2, 0.25) is 0 Å². The zero-order valence-corrected chi connectivity index (χ0v) is 20.9. The number of Topliss-reactive ketones (excluding diaryl/α,β-unsaturated/α-hetero) is 1. The van der Waals surface area contributed by atoms with Crippen LogP contribution >= 0.6 is 11.3 Å². The van der Waals surface area contributed by atoms with E-state index in [0.29, 0.717) is 33.8 Å². The highest BCUT2D eigenvalue weighted by atomic mass is 32.1. The maximum atomic E-state index is 13.6. The van der Waals surface area contributed by atoms with Crippen molar-refractivity contribution in [3.05, 3.63) is 88.3 Å². The van der Waals surface area contributed by atoms with Crippen LogP contribution in [0, 0.1) is 0 Å². The Labute approximate surface area is 212 Å². The van der Waals surface area contributed by atoms with Crippen molar-refractivity contribution in [1.82, 2.24) is 9.55 Å². The summed E-state index contributed by atoms with van der Waals surface area (Å²) < 4.78 is 6.90. The molecule has 4 aromatic rings. The first-order valence-electron chi connectivity index (χ1n) is 11.7. The van der Waals surface area contributed by atoms with E-state index in [1.165, 1.54) is 32.7 Å². The summed E-state index contributed by atoms with van der Waals surface area (Å²) in [6.45, 7) is 7.74. The van der Waals surface area contributed by atoms with E-state index in [2.05, 4.69) is 30.6 Å². The monoisotopic (exact) mass is 499 g/mol. The fraction of sp³-hybridized carbons (Fsp3) is 0.214. The maximum Gasteiger partial charge on any atom is 0.265 e. The molecule has 1 aliphatic heterocycles. The van der Waals surface area contributed by atoms with Gasteiger partial charge in [0.05, 0.1) is 23.4 Å². The molecule has 0 N–H and O–H groups in total. The number of hydrogen-bond donors (Lipinski definition) is 0. The quantitative estimate of drug-likeness (QED) is 0.263. The van der Waals surface area contributed by atoms with Crippen molar-refractivity contribution < 1.29 is 14.3 Å². The number of hydrogen-bond acceptors (Lipinski definition) is 6. The smallest absolute Gasteiger partial charge is 0.265 e. The van der Waals surface area contributed by atoms with Gasteiger partial charge in [-0.05, 0) is 42.7 Å². The Morgan fingerprint density at radius 3 is 2.72 bits per heavy atom. The van der Waals surface area contributed by atoms with Crippen LogP contribution in [0.3, 0.4) is 0 Å². The van der Waals surface area contributed by atoms with Crippen LogP contribution in [0.25, 0.3) is 21.3 Å². The van der Waals surface area contributed by atoms with Crippen molar-refractivity contribution in [2.45, 2.75) is 26.3 Å². The van der Waals surface area contributed by atoms with Crippen molar-refractivity contribution in [1.29, 1.82) is 0 Å². The van der Waals surface area contributed by atoms with Crippen LogP contribution in [0.5, 0.6) is 5.75 Å². The molecule has 5 rings (SSSR count). The number of ketones is 1. The molecule has 1 amide bonds. The molecule has 0 fully saturated rings. The Balaban J connectivity index is 1.52. The van der Waals surface area contributed by atoms with Crippen molar-refractivity contribution in [2.24, 2.45) is 0 Å². The summed E-state index contributed by atoms with van der Waals surface area (Å²) in [6, 6.07) is 12.3. The van der Waals surface area contributed by atoms with Crippen LogP contribution in [-0.2, 0) is 11.2 Å². The van der Waals surface area contributed by atoms with Gasteiger partial charge in [-0.3, -0.25) is 19.0 Å². The molecule has 1 atom stereocenters. The number of thiophene rings is 1. The normalized spacial score (nSPS) is 13.8. The van der Waals surface area contributed by atoms with Crippen molar-refractivity contribution in [3.8, 4) is 16.9 Å². The zero-order chi connectivity index (χ0) is 25.4. The summed E-state index contributed by atoms with van der Waals surface area (Å²) in [4.78, 5) is 46.0. The number of carbonyl (C=O) groups is 2. The molecule has 182 valence electrons. The summed E-state index contributed by atoms with van der Waals surface area (Å²) in [5, 5.41) is 2.44. The van der Waals surface area contributed by atoms with Crippen LogP contribution in [-0.4, -0.2) is 34.4 Å². The molecule has 3 heterocycles. The van der Waals surface area contributed by atoms with Crippen molar-refractivity contribution >= 4 is 38.9 Å². The third-order valence-electron chi connectivity index (χ3n) is 6.49. The molecular formula is C28H25N3O4S. The third-order valence-corrected chi connectivity index (χ3v) is 7.37.